The third-order valence-corrected chi connectivity index (χ3v) is 9.17. The van der Waals surface area contributed by atoms with Crippen molar-refractivity contribution >= 4 is 15.9 Å². The Labute approximate surface area is 232 Å². The van der Waals surface area contributed by atoms with E-state index in [4.69, 9.17) is 9.47 Å². The number of nitrogens with zero attached hydrogens (tertiary/aromatic N) is 3. The van der Waals surface area contributed by atoms with Gasteiger partial charge in [-0.3, -0.25) is 4.79 Å². The number of likely N-dealkylation sites (N-methyl/N-ethyl adjacent to an activating group) is 1. The van der Waals surface area contributed by atoms with E-state index < -0.39 is 33.7 Å². The largest absolute Gasteiger partial charge is 0.497 e. The maximum atomic E-state index is 13.4. The molecule has 0 N–H and O–H groups in total. The van der Waals surface area contributed by atoms with Gasteiger partial charge in [0.1, 0.15) is 12.4 Å². The molecule has 8 nitrogen and oxygen atoms in total. The number of ether oxygens (including phenoxy) is 2. The summed E-state index contributed by atoms with van der Waals surface area (Å²) >= 11 is 0. The van der Waals surface area contributed by atoms with Crippen LogP contribution >= 0.6 is 0 Å². The Kier molecular flexibility index (Phi) is 8.62. The van der Waals surface area contributed by atoms with Gasteiger partial charge in [0, 0.05) is 38.6 Å². The van der Waals surface area contributed by atoms with Gasteiger partial charge in [-0.15, -0.1) is 0 Å². The number of hydrogen-bond acceptors (Lipinski definition) is 5. The van der Waals surface area contributed by atoms with Crippen LogP contribution in [-0.4, -0.2) is 68.6 Å². The monoisotopic (exact) mass is 579 g/mol. The molecular formula is C28H32F3N3O5S. The standard InChI is InChI=1S/C28H32F3N3O5S/c1-19-15-23(38-4)16-20(2)27(19)40(36,37)32(3)13-14-39-18-25(35)34-12-11-33-10-6-9-24(33)26(34)21-7-5-8-22(17-21)28(29,30)31/h5-10,15-17,26H,11-14,18H2,1-4H3. The minimum atomic E-state index is -4.51. The summed E-state index contributed by atoms with van der Waals surface area (Å²) in [6.07, 6.45) is -2.68. The molecule has 4 rings (SSSR count). The molecule has 0 saturated carbocycles. The molecule has 2 aromatic carbocycles. The molecule has 0 fully saturated rings. The van der Waals surface area contributed by atoms with E-state index in [-0.39, 0.29) is 31.2 Å². The van der Waals surface area contributed by atoms with Gasteiger partial charge in [-0.1, -0.05) is 12.1 Å². The van der Waals surface area contributed by atoms with E-state index in [2.05, 4.69) is 0 Å². The lowest BCUT2D eigenvalue weighted by molar-refractivity contribution is -0.139. The minimum absolute atomic E-state index is 0.000426. The van der Waals surface area contributed by atoms with Crippen molar-refractivity contribution in [2.75, 3.05) is 40.5 Å². The molecule has 0 spiro atoms. The Bertz CT molecular complexity index is 1460. The van der Waals surface area contributed by atoms with Crippen molar-refractivity contribution in [3.63, 3.8) is 0 Å². The molecule has 0 radical (unpaired) electrons. The Morgan fingerprint density at radius 2 is 1.77 bits per heavy atom. The second-order valence-corrected chi connectivity index (χ2v) is 11.7. The molecule has 1 unspecified atom stereocenters. The molecule has 1 aromatic heterocycles. The number of alkyl halides is 3. The normalized spacial score (nSPS) is 15.8. The number of amides is 1. The molecule has 1 aliphatic heterocycles. The summed E-state index contributed by atoms with van der Waals surface area (Å²) in [4.78, 5) is 14.9. The van der Waals surface area contributed by atoms with Gasteiger partial charge in [0.05, 0.1) is 30.2 Å². The molecular weight excluding hydrogens is 547 g/mol. The molecule has 1 amide bonds. The lowest BCUT2D eigenvalue weighted by Crippen LogP contribution is -2.44. The number of halogens is 3. The molecule has 0 saturated heterocycles. The molecule has 1 aliphatic rings. The highest BCUT2D eigenvalue weighted by molar-refractivity contribution is 7.89. The number of aromatic nitrogens is 1. The number of aryl methyl sites for hydroxylation is 2. The van der Waals surface area contributed by atoms with Crippen molar-refractivity contribution in [3.05, 3.63) is 82.7 Å². The summed E-state index contributed by atoms with van der Waals surface area (Å²) in [6, 6.07) is 11.1. The maximum absolute atomic E-state index is 13.4. The summed E-state index contributed by atoms with van der Waals surface area (Å²) in [5.74, 6) is 0.161. The highest BCUT2D eigenvalue weighted by atomic mass is 32.2. The minimum Gasteiger partial charge on any atom is -0.497 e. The first-order valence-corrected chi connectivity index (χ1v) is 14.1. The second kappa shape index (κ2) is 11.6. The van der Waals surface area contributed by atoms with Gasteiger partial charge in [-0.25, -0.2) is 8.42 Å². The average molecular weight is 580 g/mol. The van der Waals surface area contributed by atoms with Crippen molar-refractivity contribution < 1.29 is 35.9 Å². The molecule has 2 heterocycles. The van der Waals surface area contributed by atoms with Crippen LogP contribution in [0.3, 0.4) is 0 Å². The van der Waals surface area contributed by atoms with Crippen molar-refractivity contribution in [1.82, 2.24) is 13.8 Å². The lowest BCUT2D eigenvalue weighted by atomic mass is 9.97. The van der Waals surface area contributed by atoms with E-state index in [9.17, 15) is 26.4 Å². The van der Waals surface area contributed by atoms with Gasteiger partial charge < -0.3 is 18.9 Å². The van der Waals surface area contributed by atoms with E-state index >= 15 is 0 Å². The first-order valence-electron chi connectivity index (χ1n) is 12.7. The highest BCUT2D eigenvalue weighted by Crippen LogP contribution is 2.36. The molecule has 216 valence electrons. The topological polar surface area (TPSA) is 81.1 Å². The zero-order chi connectivity index (χ0) is 29.2. The Morgan fingerprint density at radius 3 is 2.42 bits per heavy atom. The average Bonchev–Trinajstić information content (AvgIpc) is 3.38. The van der Waals surface area contributed by atoms with Gasteiger partial charge >= 0.3 is 6.18 Å². The van der Waals surface area contributed by atoms with Crippen LogP contribution in [-0.2, 0) is 32.3 Å². The molecule has 40 heavy (non-hydrogen) atoms. The summed E-state index contributed by atoms with van der Waals surface area (Å²) in [5.41, 5.74) is 1.36. The summed E-state index contributed by atoms with van der Waals surface area (Å²) in [5, 5.41) is 0. The lowest BCUT2D eigenvalue weighted by Gasteiger charge is -2.37. The van der Waals surface area contributed by atoms with E-state index in [1.807, 2.05) is 10.8 Å². The predicted molar refractivity (Wildman–Crippen MR) is 143 cm³/mol. The number of carbonyl (C=O) groups excluding carboxylic acids is 1. The number of methoxy groups -OCH3 is 1. The van der Waals surface area contributed by atoms with Crippen LogP contribution in [0, 0.1) is 13.8 Å². The third-order valence-electron chi connectivity index (χ3n) is 7.00. The zero-order valence-corrected chi connectivity index (χ0v) is 23.6. The first kappa shape index (κ1) is 29.6. The highest BCUT2D eigenvalue weighted by Gasteiger charge is 2.35. The number of hydrogen-bond donors (Lipinski definition) is 0. The fourth-order valence-electron chi connectivity index (χ4n) is 5.03. The van der Waals surface area contributed by atoms with Crippen LogP contribution < -0.4 is 4.74 Å². The van der Waals surface area contributed by atoms with E-state index in [0.717, 1.165) is 12.1 Å². The number of fused-ring (bicyclic) bond motifs is 1. The fourth-order valence-corrected chi connectivity index (χ4v) is 6.59. The van der Waals surface area contributed by atoms with E-state index in [1.165, 1.54) is 29.4 Å². The fraction of sp³-hybridized carbons (Fsp3) is 0.393. The molecule has 0 bridgehead atoms. The van der Waals surface area contributed by atoms with Gasteiger partial charge in [0.15, 0.2) is 0 Å². The molecule has 12 heteroatoms. The Balaban J connectivity index is 1.44. The number of rotatable bonds is 9. The van der Waals surface area contributed by atoms with Crippen LogP contribution in [0.15, 0.2) is 59.6 Å². The van der Waals surface area contributed by atoms with Gasteiger partial charge in [-0.2, -0.15) is 17.5 Å². The molecule has 3 aromatic rings. The van der Waals surface area contributed by atoms with Gasteiger partial charge in [0.2, 0.25) is 15.9 Å². The van der Waals surface area contributed by atoms with Gasteiger partial charge in [0.25, 0.3) is 0 Å². The quantitative estimate of drug-likeness (QED) is 0.351. The van der Waals surface area contributed by atoms with Crippen LogP contribution in [0.5, 0.6) is 5.75 Å². The van der Waals surface area contributed by atoms with Crippen LogP contribution in [0.2, 0.25) is 0 Å². The van der Waals surface area contributed by atoms with Crippen molar-refractivity contribution in [3.8, 4) is 5.75 Å². The third kappa shape index (κ3) is 6.03. The SMILES string of the molecule is COc1cc(C)c(S(=O)(=O)N(C)CCOCC(=O)N2CCn3cccc3C2c2cccc(C(F)(F)F)c2)c(C)c1. The first-order chi connectivity index (χ1) is 18.8. The maximum Gasteiger partial charge on any atom is 0.416 e. The van der Waals surface area contributed by atoms with Gasteiger partial charge in [-0.05, 0) is 66.9 Å². The molecule has 0 aliphatic carbocycles. The van der Waals surface area contributed by atoms with Crippen molar-refractivity contribution in [1.29, 1.82) is 0 Å². The summed E-state index contributed by atoms with van der Waals surface area (Å²) in [7, 11) is -0.880. The number of carbonyl (C=O) groups is 1. The van der Waals surface area contributed by atoms with Crippen LogP contribution in [0.25, 0.3) is 0 Å². The Hall–Kier alpha value is -3.35. The van der Waals surface area contributed by atoms with Crippen LogP contribution in [0.1, 0.15) is 34.0 Å². The summed E-state index contributed by atoms with van der Waals surface area (Å²) < 4.78 is 80.5. The number of sulfonamides is 1. The van der Waals surface area contributed by atoms with Crippen molar-refractivity contribution in [2.24, 2.45) is 0 Å². The van der Waals surface area contributed by atoms with E-state index in [1.54, 1.807) is 44.2 Å². The van der Waals surface area contributed by atoms with Crippen molar-refractivity contribution in [2.45, 2.75) is 37.5 Å². The zero-order valence-electron chi connectivity index (χ0n) is 22.7. The predicted octanol–water partition coefficient (Wildman–Crippen LogP) is 4.40. The molecule has 1 atom stereocenters. The second-order valence-electron chi connectivity index (χ2n) is 9.71. The summed E-state index contributed by atoms with van der Waals surface area (Å²) in [6.45, 7) is 3.78. The van der Waals surface area contributed by atoms with E-state index in [0.29, 0.717) is 34.7 Å². The number of benzene rings is 2. The smallest absolute Gasteiger partial charge is 0.416 e. The Morgan fingerprint density at radius 1 is 1.07 bits per heavy atom. The van der Waals surface area contributed by atoms with Crippen LogP contribution in [0.4, 0.5) is 13.2 Å².